The number of halogens is 2. The Morgan fingerprint density at radius 2 is 1.67 bits per heavy atom. The Bertz CT molecular complexity index is 627. The van der Waals surface area contributed by atoms with Crippen molar-refractivity contribution >= 4 is 25.7 Å². The van der Waals surface area contributed by atoms with Gasteiger partial charge < -0.3 is 10.9 Å². The van der Waals surface area contributed by atoms with E-state index in [0.29, 0.717) is 5.92 Å². The molecular weight excluding hydrogens is 415 g/mol. The molecule has 0 saturated carbocycles. The SMILES string of the molecule is CC(C)N([NH-])C(C)C=C(CC(C)(C)C1C=CC=C1)c1ccccc1.[Cl][Cr+][Cl]. The van der Waals surface area contributed by atoms with Gasteiger partial charge in [0.05, 0.1) is 0 Å². The van der Waals surface area contributed by atoms with Crippen molar-refractivity contribution in [3.05, 3.63) is 72.1 Å². The van der Waals surface area contributed by atoms with Crippen LogP contribution in [-0.4, -0.2) is 17.1 Å². The first kappa shape index (κ1) is 24.5. The predicted molar refractivity (Wildman–Crippen MR) is 117 cm³/mol. The molecular formula is C22H31Cl2CrN2. The molecule has 5 heteroatoms. The monoisotopic (exact) mass is 445 g/mol. The molecule has 2 nitrogen and oxygen atoms in total. The summed E-state index contributed by atoms with van der Waals surface area (Å²) < 4.78 is 0. The summed E-state index contributed by atoms with van der Waals surface area (Å²) in [5.41, 5.74) is 2.75. The molecule has 1 aromatic carbocycles. The fraction of sp³-hybridized carbons (Fsp3) is 0.455. The zero-order valence-corrected chi connectivity index (χ0v) is 19.6. The Morgan fingerprint density at radius 3 is 2.15 bits per heavy atom. The van der Waals surface area contributed by atoms with Crippen LogP contribution in [0.25, 0.3) is 11.4 Å². The van der Waals surface area contributed by atoms with E-state index in [1.54, 1.807) is 5.01 Å². The van der Waals surface area contributed by atoms with E-state index < -0.39 is 0 Å². The second kappa shape index (κ2) is 12.1. The second-order valence-electron chi connectivity index (χ2n) is 7.82. The number of nitrogens with one attached hydrogen (secondary N) is 1. The minimum absolute atomic E-state index is 0.0886. The molecule has 1 aliphatic carbocycles. The average Bonchev–Trinajstić information content (AvgIpc) is 3.17. The van der Waals surface area contributed by atoms with E-state index in [9.17, 15) is 0 Å². The standard InChI is InChI=1S/C22H31N2.2ClH.Cr/c1-17(2)24(23)18(3)15-20(19-11-7-6-8-12-19)16-22(4,5)21-13-9-10-14-21;;;/h6-15,17-18,21,23H,16H2,1-5H3;2*1H;/q-1;;;+3/p-2. The van der Waals surface area contributed by atoms with Gasteiger partial charge in [0, 0.05) is 12.0 Å². The molecule has 0 spiro atoms. The van der Waals surface area contributed by atoms with Crippen LogP contribution in [0.2, 0.25) is 0 Å². The van der Waals surface area contributed by atoms with E-state index >= 15 is 0 Å². The molecule has 1 N–H and O–H groups in total. The third-order valence-corrected chi connectivity index (χ3v) is 4.88. The predicted octanol–water partition coefficient (Wildman–Crippen LogP) is 7.67. The molecule has 1 unspecified atom stereocenters. The van der Waals surface area contributed by atoms with E-state index in [-0.39, 0.29) is 30.9 Å². The maximum absolute atomic E-state index is 8.25. The second-order valence-corrected chi connectivity index (χ2v) is 9.92. The summed E-state index contributed by atoms with van der Waals surface area (Å²) >= 11 is -0.181. The van der Waals surface area contributed by atoms with Crippen LogP contribution in [0.4, 0.5) is 0 Å². The number of rotatable bonds is 7. The molecule has 0 bridgehead atoms. The van der Waals surface area contributed by atoms with Crippen LogP contribution in [0, 0.1) is 11.3 Å². The van der Waals surface area contributed by atoms with Crippen LogP contribution in [0.15, 0.2) is 60.7 Å². The van der Waals surface area contributed by atoms with E-state index in [0.717, 1.165) is 6.42 Å². The van der Waals surface area contributed by atoms with Gasteiger partial charge in [0.1, 0.15) is 0 Å². The number of hydrogen-bond acceptors (Lipinski definition) is 1. The van der Waals surface area contributed by atoms with Gasteiger partial charge in [-0.3, -0.25) is 0 Å². The maximum atomic E-state index is 8.25. The van der Waals surface area contributed by atoms with Gasteiger partial charge in [-0.05, 0) is 35.9 Å². The van der Waals surface area contributed by atoms with Crippen LogP contribution >= 0.6 is 20.1 Å². The van der Waals surface area contributed by atoms with Gasteiger partial charge >= 0.3 is 33.5 Å². The summed E-state index contributed by atoms with van der Waals surface area (Å²) in [4.78, 5) is 0. The molecule has 149 valence electrons. The molecule has 0 heterocycles. The topological polar surface area (TPSA) is 27.0 Å². The minimum atomic E-state index is -0.181. The first-order valence-electron chi connectivity index (χ1n) is 9.23. The molecule has 1 aromatic rings. The van der Waals surface area contributed by atoms with Crippen molar-refractivity contribution in [2.75, 3.05) is 0 Å². The number of hydrogen-bond donors (Lipinski definition) is 0. The Kier molecular flexibility index (Phi) is 11.0. The van der Waals surface area contributed by atoms with Gasteiger partial charge in [0.25, 0.3) is 0 Å². The van der Waals surface area contributed by atoms with Gasteiger partial charge in [-0.15, -0.1) is 0 Å². The Labute approximate surface area is 180 Å². The van der Waals surface area contributed by atoms with Crippen LogP contribution in [0.1, 0.15) is 46.6 Å². The molecule has 0 amide bonds. The molecule has 2 rings (SSSR count). The first-order valence-corrected chi connectivity index (χ1v) is 12.7. The molecule has 0 aliphatic heterocycles. The molecule has 1 aliphatic rings. The van der Waals surface area contributed by atoms with Crippen molar-refractivity contribution in [2.24, 2.45) is 11.3 Å². The zero-order chi connectivity index (χ0) is 20.4. The average molecular weight is 446 g/mol. The van der Waals surface area contributed by atoms with Crippen molar-refractivity contribution in [2.45, 2.75) is 53.1 Å². The van der Waals surface area contributed by atoms with Crippen LogP contribution in [-0.2, 0) is 13.4 Å². The summed E-state index contributed by atoms with van der Waals surface area (Å²) in [6.45, 7) is 10.9. The van der Waals surface area contributed by atoms with Crippen molar-refractivity contribution in [3.8, 4) is 0 Å². The molecule has 0 fully saturated rings. The fourth-order valence-corrected chi connectivity index (χ4v) is 3.31. The quantitative estimate of drug-likeness (QED) is 0.395. The summed E-state index contributed by atoms with van der Waals surface area (Å²) in [5, 5.41) is 1.67. The van der Waals surface area contributed by atoms with E-state index in [2.05, 4.69) is 95.3 Å². The normalized spacial score (nSPS) is 15.9. The van der Waals surface area contributed by atoms with Crippen molar-refractivity contribution in [1.82, 2.24) is 5.01 Å². The Morgan fingerprint density at radius 1 is 1.15 bits per heavy atom. The third kappa shape index (κ3) is 8.16. The van der Waals surface area contributed by atoms with Crippen molar-refractivity contribution in [1.29, 1.82) is 0 Å². The Hall–Kier alpha value is -0.528. The number of benzene rings is 1. The van der Waals surface area contributed by atoms with Crippen LogP contribution in [0.3, 0.4) is 0 Å². The van der Waals surface area contributed by atoms with Crippen molar-refractivity contribution < 1.29 is 13.4 Å². The van der Waals surface area contributed by atoms with Gasteiger partial charge in [0.2, 0.25) is 0 Å². The summed E-state index contributed by atoms with van der Waals surface area (Å²) in [5.74, 6) is 8.72. The molecule has 0 radical (unpaired) electrons. The van der Waals surface area contributed by atoms with Gasteiger partial charge in [-0.25, -0.2) is 0 Å². The Balaban J connectivity index is 0.00000114. The number of allylic oxidation sites excluding steroid dienone is 5. The van der Waals surface area contributed by atoms with Gasteiger partial charge in [0.15, 0.2) is 0 Å². The van der Waals surface area contributed by atoms with E-state index in [1.165, 1.54) is 11.1 Å². The summed E-state index contributed by atoms with van der Waals surface area (Å²) in [7, 11) is 9.65. The fourth-order valence-electron chi connectivity index (χ4n) is 3.31. The summed E-state index contributed by atoms with van der Waals surface area (Å²) in [6, 6.07) is 10.9. The van der Waals surface area contributed by atoms with Gasteiger partial charge in [-0.1, -0.05) is 88.4 Å². The number of nitrogens with zero attached hydrogens (tertiary/aromatic N) is 1. The zero-order valence-electron chi connectivity index (χ0n) is 16.8. The van der Waals surface area contributed by atoms with Crippen LogP contribution < -0.4 is 0 Å². The van der Waals surface area contributed by atoms with E-state index in [4.69, 9.17) is 25.9 Å². The van der Waals surface area contributed by atoms with Crippen LogP contribution in [0.5, 0.6) is 0 Å². The third-order valence-electron chi connectivity index (χ3n) is 4.88. The molecule has 0 saturated heterocycles. The first-order chi connectivity index (χ1) is 12.7. The summed E-state index contributed by atoms with van der Waals surface area (Å²) in [6.07, 6.45) is 12.1. The van der Waals surface area contributed by atoms with Crippen molar-refractivity contribution in [3.63, 3.8) is 0 Å². The molecule has 1 atom stereocenters. The molecule has 27 heavy (non-hydrogen) atoms. The molecule has 0 aromatic heterocycles. The van der Waals surface area contributed by atoms with Gasteiger partial charge in [-0.2, -0.15) is 0 Å². The van der Waals surface area contributed by atoms with E-state index in [1.807, 2.05) is 0 Å².